The van der Waals surface area contributed by atoms with Crippen molar-refractivity contribution in [3.05, 3.63) is 75.5 Å². The summed E-state index contributed by atoms with van der Waals surface area (Å²) in [6, 6.07) is 13.2. The van der Waals surface area contributed by atoms with E-state index in [4.69, 9.17) is 15.2 Å². The van der Waals surface area contributed by atoms with Gasteiger partial charge in [0.25, 0.3) is 5.56 Å². The van der Waals surface area contributed by atoms with Crippen LogP contribution in [0, 0.1) is 13.8 Å². The molecular weight excluding hydrogens is 406 g/mol. The first kappa shape index (κ1) is 23.1. The molecule has 32 heavy (non-hydrogen) atoms. The molecule has 3 rings (SSSR count). The van der Waals surface area contributed by atoms with Gasteiger partial charge in [0.2, 0.25) is 0 Å². The predicted molar refractivity (Wildman–Crippen MR) is 125 cm³/mol. The van der Waals surface area contributed by atoms with Gasteiger partial charge in [0.05, 0.1) is 44.1 Å². The predicted octanol–water partition coefficient (Wildman–Crippen LogP) is 3.83. The number of esters is 1. The second-order valence-corrected chi connectivity index (χ2v) is 7.89. The quantitative estimate of drug-likeness (QED) is 0.447. The van der Waals surface area contributed by atoms with Gasteiger partial charge in [-0.05, 0) is 48.6 Å². The molecule has 0 unspecified atom stereocenters. The van der Waals surface area contributed by atoms with Crippen molar-refractivity contribution in [2.45, 2.75) is 39.7 Å². The highest BCUT2D eigenvalue weighted by Gasteiger charge is 2.16. The summed E-state index contributed by atoms with van der Waals surface area (Å²) in [6.07, 6.45) is 0.324. The number of nitrogens with two attached hydrogens (primary N) is 1. The smallest absolute Gasteiger partial charge is 0.306 e. The number of benzene rings is 2. The van der Waals surface area contributed by atoms with Crippen molar-refractivity contribution in [1.82, 2.24) is 9.55 Å². The minimum Gasteiger partial charge on any atom is -0.495 e. The molecule has 0 saturated heterocycles. The third-order valence-electron chi connectivity index (χ3n) is 5.65. The molecule has 2 aromatic carbocycles. The SMILES string of the molecule is COC(=O)C[C@@H](C)c1ccc(Cn2c(C)nc(C)c(-c3ccc(N)c(OC)c3)c2=O)cc1. The maximum atomic E-state index is 13.4. The zero-order chi connectivity index (χ0) is 23.4. The van der Waals surface area contributed by atoms with Crippen LogP contribution in [0.25, 0.3) is 11.1 Å². The lowest BCUT2D eigenvalue weighted by atomic mass is 9.97. The minimum atomic E-state index is -0.235. The molecule has 0 amide bonds. The topological polar surface area (TPSA) is 96.4 Å². The Morgan fingerprint density at radius 1 is 1.12 bits per heavy atom. The Morgan fingerprint density at radius 2 is 1.81 bits per heavy atom. The average Bonchev–Trinajstić information content (AvgIpc) is 2.77. The van der Waals surface area contributed by atoms with Crippen LogP contribution in [0.1, 0.15) is 41.9 Å². The summed E-state index contributed by atoms with van der Waals surface area (Å²) in [5.41, 5.74) is 10.2. The fourth-order valence-corrected chi connectivity index (χ4v) is 3.77. The maximum Gasteiger partial charge on any atom is 0.306 e. The Hall–Kier alpha value is -3.61. The van der Waals surface area contributed by atoms with Gasteiger partial charge in [-0.25, -0.2) is 4.98 Å². The Bertz CT molecular complexity index is 1180. The number of aromatic nitrogens is 2. The fraction of sp³-hybridized carbons (Fsp3) is 0.320. The van der Waals surface area contributed by atoms with E-state index in [1.807, 2.05) is 45.0 Å². The second-order valence-electron chi connectivity index (χ2n) is 7.89. The van der Waals surface area contributed by atoms with Crippen LogP contribution in [0.15, 0.2) is 47.3 Å². The molecule has 7 nitrogen and oxygen atoms in total. The summed E-state index contributed by atoms with van der Waals surface area (Å²) in [5, 5.41) is 0. The van der Waals surface area contributed by atoms with Crippen LogP contribution >= 0.6 is 0 Å². The first-order valence-corrected chi connectivity index (χ1v) is 10.4. The number of nitrogen functional groups attached to an aromatic ring is 1. The van der Waals surface area contributed by atoms with Gasteiger partial charge in [-0.1, -0.05) is 37.3 Å². The molecule has 2 N–H and O–H groups in total. The van der Waals surface area contributed by atoms with Crippen LogP contribution < -0.4 is 16.0 Å². The van der Waals surface area contributed by atoms with Crippen LogP contribution in [0.4, 0.5) is 5.69 Å². The van der Waals surface area contributed by atoms with E-state index in [0.717, 1.165) is 11.1 Å². The van der Waals surface area contributed by atoms with Gasteiger partial charge in [-0.15, -0.1) is 0 Å². The Balaban J connectivity index is 1.93. The molecule has 0 aliphatic rings. The Morgan fingerprint density at radius 3 is 2.44 bits per heavy atom. The first-order chi connectivity index (χ1) is 15.2. The zero-order valence-electron chi connectivity index (χ0n) is 19.1. The maximum absolute atomic E-state index is 13.4. The lowest BCUT2D eigenvalue weighted by molar-refractivity contribution is -0.140. The summed E-state index contributed by atoms with van der Waals surface area (Å²) < 4.78 is 11.7. The van der Waals surface area contributed by atoms with Crippen molar-refractivity contribution in [1.29, 1.82) is 0 Å². The molecule has 3 aromatic rings. The minimum absolute atomic E-state index is 0.0501. The number of rotatable bonds is 7. The monoisotopic (exact) mass is 435 g/mol. The van der Waals surface area contributed by atoms with Crippen LogP contribution in [0.5, 0.6) is 5.75 Å². The summed E-state index contributed by atoms with van der Waals surface area (Å²) in [4.78, 5) is 29.6. The Kier molecular flexibility index (Phi) is 6.98. The normalized spacial score (nSPS) is 11.8. The number of nitrogens with zero attached hydrogens (tertiary/aromatic N) is 2. The fourth-order valence-electron chi connectivity index (χ4n) is 3.77. The number of anilines is 1. The number of carbonyl (C=O) groups excluding carboxylic acids is 1. The van der Waals surface area contributed by atoms with Crippen molar-refractivity contribution in [2.75, 3.05) is 20.0 Å². The lowest BCUT2D eigenvalue weighted by Gasteiger charge is -2.16. The van der Waals surface area contributed by atoms with Gasteiger partial charge >= 0.3 is 5.97 Å². The number of methoxy groups -OCH3 is 2. The molecule has 0 aliphatic carbocycles. The summed E-state index contributed by atoms with van der Waals surface area (Å²) >= 11 is 0. The van der Waals surface area contributed by atoms with E-state index in [2.05, 4.69) is 4.98 Å². The largest absolute Gasteiger partial charge is 0.495 e. The number of ether oxygens (including phenoxy) is 2. The van der Waals surface area contributed by atoms with E-state index in [9.17, 15) is 9.59 Å². The molecule has 0 aliphatic heterocycles. The second kappa shape index (κ2) is 9.68. The van der Waals surface area contributed by atoms with E-state index in [0.29, 0.717) is 47.0 Å². The van der Waals surface area contributed by atoms with Gasteiger partial charge in [0.15, 0.2) is 0 Å². The van der Waals surface area contributed by atoms with Gasteiger partial charge in [0.1, 0.15) is 11.6 Å². The molecule has 0 saturated carbocycles. The highest BCUT2D eigenvalue weighted by Crippen LogP contribution is 2.28. The first-order valence-electron chi connectivity index (χ1n) is 10.4. The molecule has 1 aromatic heterocycles. The van der Waals surface area contributed by atoms with Crippen molar-refractivity contribution >= 4 is 11.7 Å². The number of hydrogen-bond donors (Lipinski definition) is 1. The summed E-state index contributed by atoms with van der Waals surface area (Å²) in [5.74, 6) is 0.974. The van der Waals surface area contributed by atoms with Crippen molar-refractivity contribution < 1.29 is 14.3 Å². The van der Waals surface area contributed by atoms with E-state index in [-0.39, 0.29) is 17.4 Å². The molecular formula is C25H29N3O4. The number of carbonyl (C=O) groups is 1. The highest BCUT2D eigenvalue weighted by atomic mass is 16.5. The molecule has 168 valence electrons. The zero-order valence-corrected chi connectivity index (χ0v) is 19.1. The van der Waals surface area contributed by atoms with Crippen LogP contribution in [0.2, 0.25) is 0 Å². The van der Waals surface area contributed by atoms with E-state index >= 15 is 0 Å². The standard InChI is InChI=1S/C25H29N3O4/c1-15(12-23(29)32-5)19-8-6-18(7-9-19)14-28-17(3)27-16(2)24(25(28)30)20-10-11-21(26)22(13-20)31-4/h6-11,13,15H,12,14,26H2,1-5H3/t15-/m1/s1. The van der Waals surface area contributed by atoms with Crippen molar-refractivity contribution in [2.24, 2.45) is 0 Å². The Labute approximate surface area is 187 Å². The van der Waals surface area contributed by atoms with Gasteiger partial charge < -0.3 is 15.2 Å². The summed E-state index contributed by atoms with van der Waals surface area (Å²) in [7, 11) is 2.94. The van der Waals surface area contributed by atoms with Gasteiger partial charge in [-0.3, -0.25) is 14.2 Å². The van der Waals surface area contributed by atoms with E-state index < -0.39 is 0 Å². The van der Waals surface area contributed by atoms with Crippen LogP contribution in [-0.4, -0.2) is 29.7 Å². The van der Waals surface area contributed by atoms with E-state index in [1.165, 1.54) is 7.11 Å². The van der Waals surface area contributed by atoms with Gasteiger partial charge in [0, 0.05) is 0 Å². The number of aryl methyl sites for hydroxylation is 2. The van der Waals surface area contributed by atoms with Crippen LogP contribution in [-0.2, 0) is 16.1 Å². The highest BCUT2D eigenvalue weighted by molar-refractivity contribution is 5.71. The molecule has 0 radical (unpaired) electrons. The van der Waals surface area contributed by atoms with Crippen molar-refractivity contribution in [3.63, 3.8) is 0 Å². The van der Waals surface area contributed by atoms with Gasteiger partial charge in [-0.2, -0.15) is 0 Å². The number of hydrogen-bond acceptors (Lipinski definition) is 6. The van der Waals surface area contributed by atoms with E-state index in [1.54, 1.807) is 29.9 Å². The summed E-state index contributed by atoms with van der Waals surface area (Å²) in [6.45, 7) is 6.03. The third kappa shape index (κ3) is 4.82. The molecule has 1 heterocycles. The van der Waals surface area contributed by atoms with Crippen molar-refractivity contribution in [3.8, 4) is 16.9 Å². The molecule has 7 heteroatoms. The lowest BCUT2D eigenvalue weighted by Crippen LogP contribution is -2.27. The molecule has 0 fully saturated rings. The third-order valence-corrected chi connectivity index (χ3v) is 5.65. The molecule has 0 bridgehead atoms. The molecule has 0 spiro atoms. The molecule has 1 atom stereocenters. The average molecular weight is 436 g/mol. The van der Waals surface area contributed by atoms with Crippen LogP contribution in [0.3, 0.4) is 0 Å².